The molecule has 0 bridgehead atoms. The van der Waals surface area contributed by atoms with Gasteiger partial charge in [0.1, 0.15) is 11.2 Å². The van der Waals surface area contributed by atoms with Crippen LogP contribution in [-0.2, 0) is 9.53 Å². The Morgan fingerprint density at radius 2 is 2.26 bits per heavy atom. The molecule has 1 atom stereocenters. The minimum Gasteiger partial charge on any atom is -0.481 e. The molecule has 19 heavy (non-hydrogen) atoms. The first kappa shape index (κ1) is 13.8. The third-order valence-electron chi connectivity index (χ3n) is 3.63. The molecule has 1 aromatic rings. The van der Waals surface area contributed by atoms with Crippen molar-refractivity contribution in [3.05, 3.63) is 30.1 Å². The van der Waals surface area contributed by atoms with E-state index in [0.717, 1.165) is 0 Å². The molecule has 0 radical (unpaired) electrons. The zero-order chi connectivity index (χ0) is 13.9. The van der Waals surface area contributed by atoms with Crippen LogP contribution in [0.2, 0.25) is 0 Å². The number of rotatable bonds is 5. The van der Waals surface area contributed by atoms with Crippen molar-refractivity contribution in [3.8, 4) is 0 Å². The predicted octanol–water partition coefficient (Wildman–Crippen LogP) is 2.14. The number of hydrogen-bond donors (Lipinski definition) is 1. The summed E-state index contributed by atoms with van der Waals surface area (Å²) in [7, 11) is 0. The zero-order valence-electron chi connectivity index (χ0n) is 10.9. The minimum absolute atomic E-state index is 0.188. The highest BCUT2D eigenvalue weighted by molar-refractivity contribution is 5.76. The Hall–Kier alpha value is -1.62. The zero-order valence-corrected chi connectivity index (χ0v) is 10.9. The fourth-order valence-corrected chi connectivity index (χ4v) is 2.41. The van der Waals surface area contributed by atoms with E-state index in [2.05, 4.69) is 0 Å². The fraction of sp³-hybridized carbons (Fsp3) is 0.500. The number of anilines is 1. The number of nitrogens with zero attached hydrogens (tertiary/aromatic N) is 1. The Morgan fingerprint density at radius 3 is 2.79 bits per heavy atom. The molecular weight excluding hydrogens is 249 g/mol. The topological polar surface area (TPSA) is 49.8 Å². The van der Waals surface area contributed by atoms with Crippen LogP contribution in [0.4, 0.5) is 10.1 Å². The first-order valence-electron chi connectivity index (χ1n) is 6.40. The lowest BCUT2D eigenvalue weighted by molar-refractivity contribution is -0.148. The van der Waals surface area contributed by atoms with E-state index in [1.807, 2.05) is 6.92 Å². The van der Waals surface area contributed by atoms with Gasteiger partial charge in [0.05, 0.1) is 12.3 Å². The fourth-order valence-electron chi connectivity index (χ4n) is 2.41. The normalized spacial score (nSPS) is 22.4. The van der Waals surface area contributed by atoms with E-state index in [0.29, 0.717) is 25.3 Å². The molecule has 4 nitrogen and oxygen atoms in total. The van der Waals surface area contributed by atoms with E-state index in [9.17, 15) is 14.3 Å². The lowest BCUT2D eigenvalue weighted by atomic mass is 9.86. The van der Waals surface area contributed by atoms with Crippen LogP contribution in [0.3, 0.4) is 0 Å². The third kappa shape index (κ3) is 2.71. The maximum absolute atomic E-state index is 13.8. The molecule has 0 spiro atoms. The summed E-state index contributed by atoms with van der Waals surface area (Å²) in [5, 5.41) is 9.42. The van der Waals surface area contributed by atoms with Gasteiger partial charge in [-0.15, -0.1) is 0 Å². The van der Waals surface area contributed by atoms with Gasteiger partial charge in [-0.2, -0.15) is 0 Å². The van der Waals surface area contributed by atoms with Crippen LogP contribution in [0.1, 0.15) is 13.3 Å². The average molecular weight is 267 g/mol. The van der Waals surface area contributed by atoms with E-state index < -0.39 is 11.4 Å². The van der Waals surface area contributed by atoms with Gasteiger partial charge in [0.15, 0.2) is 0 Å². The van der Waals surface area contributed by atoms with Crippen LogP contribution >= 0.6 is 0 Å². The molecule has 0 aliphatic carbocycles. The summed E-state index contributed by atoms with van der Waals surface area (Å²) in [5.41, 5.74) is -0.490. The lowest BCUT2D eigenvalue weighted by Crippen LogP contribution is -2.44. The Bertz CT molecular complexity index is 458. The molecule has 104 valence electrons. The van der Waals surface area contributed by atoms with Crippen molar-refractivity contribution in [3.63, 3.8) is 0 Å². The van der Waals surface area contributed by atoms with E-state index in [1.54, 1.807) is 23.1 Å². The molecule has 0 aromatic heterocycles. The van der Waals surface area contributed by atoms with Crippen molar-refractivity contribution < 1.29 is 19.0 Å². The smallest absolute Gasteiger partial charge is 0.313 e. The summed E-state index contributed by atoms with van der Waals surface area (Å²) in [6.07, 6.45) is 0.466. The van der Waals surface area contributed by atoms with Crippen molar-refractivity contribution in [1.29, 1.82) is 0 Å². The lowest BCUT2D eigenvalue weighted by Gasteiger charge is -2.32. The van der Waals surface area contributed by atoms with Crippen molar-refractivity contribution in [1.82, 2.24) is 0 Å². The standard InChI is InChI=1S/C14H18FNO3/c1-2-16(12-6-4-3-5-11(12)15)9-14(13(17)18)7-8-19-10-14/h3-6H,2,7-10H2,1H3,(H,17,18). The van der Waals surface area contributed by atoms with Gasteiger partial charge in [0, 0.05) is 19.7 Å². The van der Waals surface area contributed by atoms with Gasteiger partial charge in [0.25, 0.3) is 0 Å². The van der Waals surface area contributed by atoms with E-state index in [4.69, 9.17) is 4.74 Å². The number of halogens is 1. The number of carboxylic acid groups (broad SMARTS) is 1. The van der Waals surface area contributed by atoms with Crippen molar-refractivity contribution in [2.24, 2.45) is 5.41 Å². The van der Waals surface area contributed by atoms with E-state index in [1.165, 1.54) is 6.07 Å². The summed E-state index contributed by atoms with van der Waals surface area (Å²) in [6.45, 7) is 3.34. The molecule has 1 saturated heterocycles. The number of ether oxygens (including phenoxy) is 1. The summed E-state index contributed by atoms with van der Waals surface area (Å²) in [4.78, 5) is 13.3. The summed E-state index contributed by atoms with van der Waals surface area (Å²) >= 11 is 0. The first-order chi connectivity index (χ1) is 9.09. The highest BCUT2D eigenvalue weighted by atomic mass is 19.1. The number of hydrogen-bond acceptors (Lipinski definition) is 3. The number of para-hydroxylation sites is 1. The second-order valence-corrected chi connectivity index (χ2v) is 4.85. The predicted molar refractivity (Wildman–Crippen MR) is 69.8 cm³/mol. The van der Waals surface area contributed by atoms with Gasteiger partial charge in [0.2, 0.25) is 0 Å². The molecule has 0 amide bonds. The highest BCUT2D eigenvalue weighted by Crippen LogP contribution is 2.32. The van der Waals surface area contributed by atoms with Gasteiger partial charge in [-0.1, -0.05) is 12.1 Å². The van der Waals surface area contributed by atoms with Crippen LogP contribution in [-0.4, -0.2) is 37.4 Å². The van der Waals surface area contributed by atoms with Crippen LogP contribution in [0, 0.1) is 11.2 Å². The molecule has 1 fully saturated rings. The SMILES string of the molecule is CCN(CC1(C(=O)O)CCOC1)c1ccccc1F. The number of aliphatic carboxylic acids is 1. The van der Waals surface area contributed by atoms with Crippen molar-refractivity contribution >= 4 is 11.7 Å². The highest BCUT2D eigenvalue weighted by Gasteiger charge is 2.44. The molecule has 0 saturated carbocycles. The minimum atomic E-state index is -0.932. The molecule has 1 aromatic carbocycles. The van der Waals surface area contributed by atoms with Gasteiger partial charge >= 0.3 is 5.97 Å². The van der Waals surface area contributed by atoms with E-state index in [-0.39, 0.29) is 19.0 Å². The molecule has 1 heterocycles. The van der Waals surface area contributed by atoms with Crippen LogP contribution in [0.5, 0.6) is 0 Å². The largest absolute Gasteiger partial charge is 0.481 e. The Morgan fingerprint density at radius 1 is 1.53 bits per heavy atom. The number of carbonyl (C=O) groups is 1. The molecule has 1 aliphatic heterocycles. The second kappa shape index (κ2) is 5.57. The third-order valence-corrected chi connectivity index (χ3v) is 3.63. The first-order valence-corrected chi connectivity index (χ1v) is 6.40. The second-order valence-electron chi connectivity index (χ2n) is 4.85. The van der Waals surface area contributed by atoms with Crippen LogP contribution in [0.15, 0.2) is 24.3 Å². The molecule has 1 aliphatic rings. The summed E-state index contributed by atoms with van der Waals surface area (Å²) in [6, 6.07) is 6.43. The molecule has 2 rings (SSSR count). The van der Waals surface area contributed by atoms with Crippen LogP contribution in [0.25, 0.3) is 0 Å². The number of carboxylic acids is 1. The molecule has 1 N–H and O–H groups in total. The Labute approximate surface area is 111 Å². The summed E-state index contributed by atoms with van der Waals surface area (Å²) < 4.78 is 19.0. The van der Waals surface area contributed by atoms with Gasteiger partial charge in [-0.3, -0.25) is 4.79 Å². The maximum atomic E-state index is 13.8. The molecular formula is C14H18FNO3. The number of benzene rings is 1. The van der Waals surface area contributed by atoms with Crippen LogP contribution < -0.4 is 4.90 Å². The van der Waals surface area contributed by atoms with E-state index >= 15 is 0 Å². The average Bonchev–Trinajstić information content (AvgIpc) is 2.87. The Kier molecular flexibility index (Phi) is 4.04. The Balaban J connectivity index is 2.24. The van der Waals surface area contributed by atoms with Gasteiger partial charge in [-0.05, 0) is 25.5 Å². The maximum Gasteiger partial charge on any atom is 0.313 e. The van der Waals surface area contributed by atoms with Crippen molar-refractivity contribution in [2.45, 2.75) is 13.3 Å². The van der Waals surface area contributed by atoms with Crippen molar-refractivity contribution in [2.75, 3.05) is 31.2 Å². The quantitative estimate of drug-likeness (QED) is 0.888. The monoisotopic (exact) mass is 267 g/mol. The van der Waals surface area contributed by atoms with Gasteiger partial charge < -0.3 is 14.7 Å². The molecule has 1 unspecified atom stereocenters. The summed E-state index contributed by atoms with van der Waals surface area (Å²) in [5.74, 6) is -1.21. The molecule has 5 heteroatoms. The van der Waals surface area contributed by atoms with Gasteiger partial charge in [-0.25, -0.2) is 4.39 Å².